The summed E-state index contributed by atoms with van der Waals surface area (Å²) in [6.07, 6.45) is 0.700. The second-order valence-electron chi connectivity index (χ2n) is 5.28. The number of thiophene rings is 1. The quantitative estimate of drug-likeness (QED) is 0.783. The summed E-state index contributed by atoms with van der Waals surface area (Å²) in [5, 5.41) is 8.37. The highest BCUT2D eigenvalue weighted by Crippen LogP contribution is 2.20. The number of halogens is 2. The molecule has 0 saturated carbocycles. The lowest BCUT2D eigenvalue weighted by Gasteiger charge is -2.13. The van der Waals surface area contributed by atoms with E-state index in [0.29, 0.717) is 29.6 Å². The molecule has 1 atom stereocenters. The first-order valence-corrected chi connectivity index (χ1v) is 8.77. The monoisotopic (exact) mass is 357 g/mol. The number of hydrogen-bond acceptors (Lipinski definition) is 2. The average molecular weight is 358 g/mol. The Bertz CT molecular complexity index is 617. The van der Waals surface area contributed by atoms with Crippen LogP contribution < -0.4 is 10.2 Å². The van der Waals surface area contributed by atoms with Crippen molar-refractivity contribution in [3.63, 3.8) is 0 Å². The van der Waals surface area contributed by atoms with Gasteiger partial charge in [0.15, 0.2) is 6.54 Å². The molecule has 1 amide bonds. The zero-order valence-corrected chi connectivity index (χ0v) is 14.7. The minimum Gasteiger partial charge on any atom is -0.351 e. The van der Waals surface area contributed by atoms with Gasteiger partial charge in [-0.3, -0.25) is 4.79 Å². The van der Waals surface area contributed by atoms with Gasteiger partial charge in [0.2, 0.25) is 0 Å². The van der Waals surface area contributed by atoms with Gasteiger partial charge in [-0.25, -0.2) is 0 Å². The van der Waals surface area contributed by atoms with Crippen LogP contribution in [0.1, 0.15) is 11.1 Å². The average Bonchev–Trinajstić information content (AvgIpc) is 2.93. The van der Waals surface area contributed by atoms with Crippen molar-refractivity contribution in [3.8, 4) is 0 Å². The molecule has 0 saturated heterocycles. The minimum absolute atomic E-state index is 0.0535. The van der Waals surface area contributed by atoms with Gasteiger partial charge in [-0.1, -0.05) is 29.3 Å². The van der Waals surface area contributed by atoms with Crippen LogP contribution in [-0.4, -0.2) is 26.0 Å². The number of likely N-dealkylation sites (N-methyl/N-ethyl adjacent to an activating group) is 1. The van der Waals surface area contributed by atoms with Gasteiger partial charge >= 0.3 is 0 Å². The third-order valence-electron chi connectivity index (χ3n) is 3.28. The van der Waals surface area contributed by atoms with E-state index in [1.165, 1.54) is 10.5 Å². The van der Waals surface area contributed by atoms with Crippen molar-refractivity contribution in [3.05, 3.63) is 56.2 Å². The number of hydrogen-bond donors (Lipinski definition) is 2. The summed E-state index contributed by atoms with van der Waals surface area (Å²) in [7, 11) is 2.02. The van der Waals surface area contributed by atoms with Crippen LogP contribution in [0.3, 0.4) is 0 Å². The Morgan fingerprint density at radius 1 is 1.32 bits per heavy atom. The number of carbonyl (C=O) groups excluding carboxylic acids is 1. The first-order chi connectivity index (χ1) is 10.5. The Labute approximate surface area is 144 Å². The van der Waals surface area contributed by atoms with Crippen molar-refractivity contribution in [2.75, 3.05) is 20.1 Å². The molecular weight excluding hydrogens is 339 g/mol. The third kappa shape index (κ3) is 5.61. The number of carbonyl (C=O) groups is 1. The highest BCUT2D eigenvalue weighted by Gasteiger charge is 2.10. The Morgan fingerprint density at radius 2 is 2.14 bits per heavy atom. The molecule has 3 nitrogen and oxygen atoms in total. The van der Waals surface area contributed by atoms with E-state index in [9.17, 15) is 4.79 Å². The fourth-order valence-electron chi connectivity index (χ4n) is 2.20. The summed E-state index contributed by atoms with van der Waals surface area (Å²) in [4.78, 5) is 13.1. The topological polar surface area (TPSA) is 33.5 Å². The van der Waals surface area contributed by atoms with Crippen LogP contribution in [0, 0.1) is 0 Å². The second kappa shape index (κ2) is 8.53. The number of benzene rings is 1. The van der Waals surface area contributed by atoms with E-state index in [1.54, 1.807) is 17.4 Å². The maximum atomic E-state index is 11.9. The van der Waals surface area contributed by atoms with E-state index in [2.05, 4.69) is 22.1 Å². The maximum absolute atomic E-state index is 11.9. The molecular formula is C16H19Cl2N2OS+. The zero-order chi connectivity index (χ0) is 15.9. The molecule has 2 aromatic rings. The van der Waals surface area contributed by atoms with Crippen LogP contribution in [-0.2, 0) is 17.8 Å². The summed E-state index contributed by atoms with van der Waals surface area (Å²) in [6, 6.07) is 7.52. The highest BCUT2D eigenvalue weighted by atomic mass is 35.5. The maximum Gasteiger partial charge on any atom is 0.275 e. The van der Waals surface area contributed by atoms with Crippen LogP contribution in [0.5, 0.6) is 0 Å². The van der Waals surface area contributed by atoms with Gasteiger partial charge in [-0.15, -0.1) is 0 Å². The fraction of sp³-hybridized carbons (Fsp3) is 0.312. The first kappa shape index (κ1) is 17.3. The minimum atomic E-state index is 0.0535. The molecule has 1 unspecified atom stereocenters. The van der Waals surface area contributed by atoms with Crippen LogP contribution in [0.25, 0.3) is 0 Å². The standard InChI is InChI=1S/C16H18Cl2N2OS/c1-20(9-12-5-7-22-11-12)10-16(21)19-6-4-13-2-3-14(17)8-15(13)18/h2-3,5,7-8,11H,4,6,9-10H2,1H3,(H,19,21)/p+1. The van der Waals surface area contributed by atoms with E-state index in [1.807, 2.05) is 19.2 Å². The predicted molar refractivity (Wildman–Crippen MR) is 93.0 cm³/mol. The van der Waals surface area contributed by atoms with Crippen LogP contribution in [0.2, 0.25) is 10.0 Å². The number of rotatable bonds is 7. The van der Waals surface area contributed by atoms with Crippen molar-refractivity contribution >= 4 is 40.4 Å². The Morgan fingerprint density at radius 3 is 2.82 bits per heavy atom. The van der Waals surface area contributed by atoms with Gasteiger partial charge in [-0.2, -0.15) is 11.3 Å². The van der Waals surface area contributed by atoms with E-state index in [-0.39, 0.29) is 5.91 Å². The Kier molecular flexibility index (Phi) is 6.70. The first-order valence-electron chi connectivity index (χ1n) is 7.07. The molecule has 6 heteroatoms. The summed E-state index contributed by atoms with van der Waals surface area (Å²) >= 11 is 13.6. The van der Waals surface area contributed by atoms with E-state index >= 15 is 0 Å². The lowest BCUT2D eigenvalue weighted by atomic mass is 10.1. The van der Waals surface area contributed by atoms with Crippen molar-refractivity contribution in [2.24, 2.45) is 0 Å². The van der Waals surface area contributed by atoms with Gasteiger partial charge in [0, 0.05) is 22.2 Å². The van der Waals surface area contributed by atoms with E-state index in [0.717, 1.165) is 12.1 Å². The lowest BCUT2D eigenvalue weighted by Crippen LogP contribution is -3.08. The Balaban J connectivity index is 1.71. The molecule has 118 valence electrons. The smallest absolute Gasteiger partial charge is 0.275 e. The van der Waals surface area contributed by atoms with Crippen molar-refractivity contribution < 1.29 is 9.69 Å². The van der Waals surface area contributed by atoms with Crippen LogP contribution >= 0.6 is 34.5 Å². The van der Waals surface area contributed by atoms with Crippen molar-refractivity contribution in [1.29, 1.82) is 0 Å². The number of quaternary nitrogens is 1. The SMILES string of the molecule is C[NH+](CC(=O)NCCc1ccc(Cl)cc1Cl)Cc1ccsc1. The summed E-state index contributed by atoms with van der Waals surface area (Å²) in [6.45, 7) is 1.90. The van der Waals surface area contributed by atoms with E-state index < -0.39 is 0 Å². The van der Waals surface area contributed by atoms with E-state index in [4.69, 9.17) is 23.2 Å². The zero-order valence-electron chi connectivity index (χ0n) is 12.4. The summed E-state index contributed by atoms with van der Waals surface area (Å²) in [5.41, 5.74) is 2.26. The molecule has 22 heavy (non-hydrogen) atoms. The molecule has 0 spiro atoms. The molecule has 0 radical (unpaired) electrons. The van der Waals surface area contributed by atoms with Gasteiger partial charge in [0.1, 0.15) is 6.54 Å². The molecule has 1 heterocycles. The number of nitrogens with one attached hydrogen (secondary N) is 2. The van der Waals surface area contributed by atoms with Gasteiger partial charge in [-0.05, 0) is 40.9 Å². The van der Waals surface area contributed by atoms with Crippen molar-refractivity contribution in [1.82, 2.24) is 5.32 Å². The molecule has 1 aromatic heterocycles. The molecule has 0 fully saturated rings. The largest absolute Gasteiger partial charge is 0.351 e. The van der Waals surface area contributed by atoms with Gasteiger partial charge in [0.05, 0.1) is 7.05 Å². The fourth-order valence-corrected chi connectivity index (χ4v) is 3.37. The highest BCUT2D eigenvalue weighted by molar-refractivity contribution is 7.07. The number of amides is 1. The Hall–Kier alpha value is -1.07. The molecule has 2 N–H and O–H groups in total. The molecule has 1 aromatic carbocycles. The third-order valence-corrected chi connectivity index (χ3v) is 4.60. The second-order valence-corrected chi connectivity index (χ2v) is 6.90. The summed E-state index contributed by atoms with van der Waals surface area (Å²) < 4.78 is 0. The summed E-state index contributed by atoms with van der Waals surface area (Å²) in [5.74, 6) is 0.0535. The van der Waals surface area contributed by atoms with Crippen LogP contribution in [0.4, 0.5) is 0 Å². The predicted octanol–water partition coefficient (Wildman–Crippen LogP) is 2.43. The molecule has 0 aliphatic heterocycles. The molecule has 0 aliphatic rings. The van der Waals surface area contributed by atoms with Crippen molar-refractivity contribution in [2.45, 2.75) is 13.0 Å². The lowest BCUT2D eigenvalue weighted by molar-refractivity contribution is -0.885. The van der Waals surface area contributed by atoms with Gasteiger partial charge < -0.3 is 10.2 Å². The molecule has 0 aliphatic carbocycles. The molecule has 2 rings (SSSR count). The van der Waals surface area contributed by atoms with Crippen LogP contribution in [0.15, 0.2) is 35.0 Å². The van der Waals surface area contributed by atoms with Gasteiger partial charge in [0.25, 0.3) is 5.91 Å². The normalized spacial score (nSPS) is 12.1. The molecule has 0 bridgehead atoms.